The Kier molecular flexibility index (Phi) is 10.0. The van der Waals surface area contributed by atoms with Gasteiger partial charge in [0.2, 0.25) is 5.91 Å². The molecular formula is C23H24ClN3O7. The molecule has 0 spiro atoms. The molecule has 0 aliphatic rings. The standard InChI is InChI=1S/C23H24ClN3O7/c1-14(2)34-23(32)15-7-9-16(10-8-15)25-19(28)11-12-21(30)33-13-20(29)26-27-22(31)17-5-3-4-6-18(17)24/h3-10,14H,11-13H2,1-2H3,(H,25,28)(H,26,29)(H,27,31). The molecule has 0 saturated carbocycles. The van der Waals surface area contributed by atoms with Gasteiger partial charge in [0.15, 0.2) is 6.61 Å². The Morgan fingerprint density at radius 2 is 1.56 bits per heavy atom. The number of esters is 2. The normalized spacial score (nSPS) is 10.2. The van der Waals surface area contributed by atoms with Gasteiger partial charge in [-0.2, -0.15) is 0 Å². The third kappa shape index (κ3) is 8.91. The van der Waals surface area contributed by atoms with Crippen molar-refractivity contribution in [2.75, 3.05) is 11.9 Å². The molecule has 0 aromatic heterocycles. The van der Waals surface area contributed by atoms with Crippen molar-refractivity contribution in [3.05, 3.63) is 64.7 Å². The van der Waals surface area contributed by atoms with Crippen molar-refractivity contribution in [1.82, 2.24) is 10.9 Å². The number of amides is 3. The topological polar surface area (TPSA) is 140 Å². The van der Waals surface area contributed by atoms with Gasteiger partial charge in [-0.25, -0.2) is 4.79 Å². The summed E-state index contributed by atoms with van der Waals surface area (Å²) in [4.78, 5) is 59.3. The number of halogens is 1. The van der Waals surface area contributed by atoms with E-state index in [0.29, 0.717) is 11.3 Å². The molecule has 3 N–H and O–H groups in total. The first kappa shape index (κ1) is 26.3. The van der Waals surface area contributed by atoms with Crippen LogP contribution in [0.25, 0.3) is 0 Å². The zero-order chi connectivity index (χ0) is 25.1. The van der Waals surface area contributed by atoms with Gasteiger partial charge < -0.3 is 14.8 Å². The Bertz CT molecular complexity index is 1050. The molecule has 10 nitrogen and oxygen atoms in total. The van der Waals surface area contributed by atoms with Crippen LogP contribution in [0.2, 0.25) is 5.02 Å². The van der Waals surface area contributed by atoms with Gasteiger partial charge in [-0.3, -0.25) is 30.0 Å². The van der Waals surface area contributed by atoms with Crippen molar-refractivity contribution in [1.29, 1.82) is 0 Å². The van der Waals surface area contributed by atoms with E-state index in [1.807, 2.05) is 0 Å². The van der Waals surface area contributed by atoms with Crippen molar-refractivity contribution >= 4 is 46.9 Å². The number of carbonyl (C=O) groups is 5. The number of nitrogens with one attached hydrogen (secondary N) is 3. The van der Waals surface area contributed by atoms with Gasteiger partial charge in [-0.1, -0.05) is 23.7 Å². The number of hydrazine groups is 1. The first-order valence-electron chi connectivity index (χ1n) is 10.3. The number of anilines is 1. The summed E-state index contributed by atoms with van der Waals surface area (Å²) in [5.74, 6) is -3.09. The Balaban J connectivity index is 1.67. The molecule has 180 valence electrons. The van der Waals surface area contributed by atoms with E-state index in [1.165, 1.54) is 36.4 Å². The monoisotopic (exact) mass is 489 g/mol. The fraction of sp³-hybridized carbons (Fsp3) is 0.261. The van der Waals surface area contributed by atoms with Gasteiger partial charge in [0.05, 0.1) is 28.7 Å². The summed E-state index contributed by atoms with van der Waals surface area (Å²) in [5, 5.41) is 2.80. The molecule has 0 fully saturated rings. The molecule has 0 saturated heterocycles. The van der Waals surface area contributed by atoms with Crippen LogP contribution in [-0.2, 0) is 23.9 Å². The highest BCUT2D eigenvalue weighted by atomic mass is 35.5. The lowest BCUT2D eigenvalue weighted by Gasteiger charge is -2.10. The molecule has 3 amide bonds. The van der Waals surface area contributed by atoms with Crippen LogP contribution in [0, 0.1) is 0 Å². The number of hydrogen-bond acceptors (Lipinski definition) is 7. The number of carbonyl (C=O) groups excluding carboxylic acids is 5. The van der Waals surface area contributed by atoms with Crippen LogP contribution in [0.4, 0.5) is 5.69 Å². The van der Waals surface area contributed by atoms with E-state index < -0.39 is 36.3 Å². The fourth-order valence-corrected chi connectivity index (χ4v) is 2.73. The summed E-state index contributed by atoms with van der Waals surface area (Å²) in [6, 6.07) is 12.4. The molecule has 2 aromatic rings. The maximum atomic E-state index is 12.0. The summed E-state index contributed by atoms with van der Waals surface area (Å²) in [6.07, 6.45) is -0.685. The highest BCUT2D eigenvalue weighted by Gasteiger charge is 2.14. The van der Waals surface area contributed by atoms with Gasteiger partial charge in [-0.15, -0.1) is 0 Å². The molecule has 0 radical (unpaired) electrons. The van der Waals surface area contributed by atoms with Crippen molar-refractivity contribution < 1.29 is 33.4 Å². The molecule has 11 heteroatoms. The van der Waals surface area contributed by atoms with E-state index in [9.17, 15) is 24.0 Å². The van der Waals surface area contributed by atoms with Crippen LogP contribution in [0.15, 0.2) is 48.5 Å². The first-order valence-corrected chi connectivity index (χ1v) is 10.6. The lowest BCUT2D eigenvalue weighted by Crippen LogP contribution is -2.43. The molecule has 34 heavy (non-hydrogen) atoms. The highest BCUT2D eigenvalue weighted by Crippen LogP contribution is 2.14. The van der Waals surface area contributed by atoms with Crippen LogP contribution >= 0.6 is 11.6 Å². The van der Waals surface area contributed by atoms with Crippen molar-refractivity contribution in [3.8, 4) is 0 Å². The average molecular weight is 490 g/mol. The fourth-order valence-electron chi connectivity index (χ4n) is 2.50. The molecule has 0 bridgehead atoms. The van der Waals surface area contributed by atoms with E-state index in [-0.39, 0.29) is 29.5 Å². The molecule has 0 atom stereocenters. The van der Waals surface area contributed by atoms with Crippen molar-refractivity contribution in [2.24, 2.45) is 0 Å². The van der Waals surface area contributed by atoms with Gasteiger partial charge in [-0.05, 0) is 50.2 Å². The van der Waals surface area contributed by atoms with E-state index in [4.69, 9.17) is 21.1 Å². The van der Waals surface area contributed by atoms with Gasteiger partial charge in [0, 0.05) is 12.1 Å². The third-order valence-electron chi connectivity index (χ3n) is 4.10. The maximum absolute atomic E-state index is 12.0. The Morgan fingerprint density at radius 3 is 2.21 bits per heavy atom. The third-order valence-corrected chi connectivity index (χ3v) is 4.43. The molecule has 2 rings (SSSR count). The van der Waals surface area contributed by atoms with Crippen LogP contribution < -0.4 is 16.2 Å². The second-order valence-corrected chi connectivity index (χ2v) is 7.63. The van der Waals surface area contributed by atoms with E-state index in [0.717, 1.165) is 0 Å². The minimum Gasteiger partial charge on any atom is -0.459 e. The van der Waals surface area contributed by atoms with Gasteiger partial charge in [0.1, 0.15) is 0 Å². The molecule has 0 unspecified atom stereocenters. The zero-order valence-electron chi connectivity index (χ0n) is 18.6. The Labute approximate surface area is 200 Å². The maximum Gasteiger partial charge on any atom is 0.338 e. The van der Waals surface area contributed by atoms with Crippen LogP contribution in [0.5, 0.6) is 0 Å². The van der Waals surface area contributed by atoms with Crippen molar-refractivity contribution in [3.63, 3.8) is 0 Å². The SMILES string of the molecule is CC(C)OC(=O)c1ccc(NC(=O)CCC(=O)OCC(=O)NNC(=O)c2ccccc2Cl)cc1. The largest absolute Gasteiger partial charge is 0.459 e. The van der Waals surface area contributed by atoms with Gasteiger partial charge >= 0.3 is 11.9 Å². The highest BCUT2D eigenvalue weighted by molar-refractivity contribution is 6.33. The predicted molar refractivity (Wildman–Crippen MR) is 123 cm³/mol. The van der Waals surface area contributed by atoms with E-state index in [1.54, 1.807) is 26.0 Å². The van der Waals surface area contributed by atoms with E-state index >= 15 is 0 Å². The zero-order valence-corrected chi connectivity index (χ0v) is 19.3. The minimum absolute atomic E-state index is 0.164. The van der Waals surface area contributed by atoms with E-state index in [2.05, 4.69) is 16.2 Å². The number of hydrogen-bond donors (Lipinski definition) is 3. The van der Waals surface area contributed by atoms with Crippen LogP contribution in [0.3, 0.4) is 0 Å². The number of ether oxygens (including phenoxy) is 2. The quantitative estimate of drug-likeness (QED) is 0.363. The van der Waals surface area contributed by atoms with Crippen molar-refractivity contribution in [2.45, 2.75) is 32.8 Å². The molecule has 0 aliphatic heterocycles. The molecule has 2 aromatic carbocycles. The smallest absolute Gasteiger partial charge is 0.338 e. The molecular weight excluding hydrogens is 466 g/mol. The Morgan fingerprint density at radius 1 is 0.882 bits per heavy atom. The summed E-state index contributed by atoms with van der Waals surface area (Å²) in [5.41, 5.74) is 5.20. The number of rotatable bonds is 9. The van der Waals surface area contributed by atoms with Gasteiger partial charge in [0.25, 0.3) is 11.8 Å². The van der Waals surface area contributed by atoms with Crippen LogP contribution in [0.1, 0.15) is 47.4 Å². The average Bonchev–Trinajstić information content (AvgIpc) is 2.80. The first-order chi connectivity index (χ1) is 16.2. The summed E-state index contributed by atoms with van der Waals surface area (Å²) < 4.78 is 9.86. The second-order valence-electron chi connectivity index (χ2n) is 7.22. The molecule has 0 aliphatic carbocycles. The summed E-state index contributed by atoms with van der Waals surface area (Å²) >= 11 is 5.89. The number of benzene rings is 2. The molecule has 0 heterocycles. The lowest BCUT2D eigenvalue weighted by atomic mass is 10.2. The second kappa shape index (κ2) is 12.9. The Hall–Kier alpha value is -3.92. The van der Waals surface area contributed by atoms with Crippen LogP contribution in [-0.4, -0.2) is 42.4 Å². The predicted octanol–water partition coefficient (Wildman–Crippen LogP) is 2.63. The lowest BCUT2D eigenvalue weighted by molar-refractivity contribution is -0.149. The minimum atomic E-state index is -0.769. The summed E-state index contributed by atoms with van der Waals surface area (Å²) in [6.45, 7) is 2.84. The summed E-state index contributed by atoms with van der Waals surface area (Å²) in [7, 11) is 0.